The van der Waals surface area contributed by atoms with Crippen molar-refractivity contribution in [3.63, 3.8) is 0 Å². The van der Waals surface area contributed by atoms with Crippen LogP contribution in [0.3, 0.4) is 0 Å². The van der Waals surface area contributed by atoms with Crippen LogP contribution in [0.2, 0.25) is 0 Å². The summed E-state index contributed by atoms with van der Waals surface area (Å²) in [4.78, 5) is 15.0. The number of carbonyl (C=O) groups is 1. The Kier molecular flexibility index (Phi) is 5.55. The number of carbonyl (C=O) groups excluding carboxylic acids is 1. The molecule has 0 unspecified atom stereocenters. The maximum atomic E-state index is 13.1. The minimum atomic E-state index is -0.332. The van der Waals surface area contributed by atoms with E-state index in [0.29, 0.717) is 37.2 Å². The van der Waals surface area contributed by atoms with Crippen LogP contribution in [0.15, 0.2) is 18.2 Å². The van der Waals surface area contributed by atoms with Gasteiger partial charge in [0.05, 0.1) is 30.5 Å². The molecule has 2 heterocycles. The highest BCUT2D eigenvalue weighted by molar-refractivity contribution is 5.98. The number of piperidine rings is 1. The summed E-state index contributed by atoms with van der Waals surface area (Å²) in [5.74, 6) is 0.640. The molecule has 2 aliphatic heterocycles. The Morgan fingerprint density at radius 1 is 1.30 bits per heavy atom. The van der Waals surface area contributed by atoms with Gasteiger partial charge in [0.15, 0.2) is 0 Å². The first-order chi connectivity index (χ1) is 12.6. The van der Waals surface area contributed by atoms with E-state index in [2.05, 4.69) is 20.8 Å². The van der Waals surface area contributed by atoms with Gasteiger partial charge in [-0.15, -0.1) is 0 Å². The first-order valence-electron chi connectivity index (χ1n) is 9.94. The van der Waals surface area contributed by atoms with Crippen LogP contribution in [0.4, 0.5) is 0 Å². The number of rotatable bonds is 2. The zero-order valence-electron chi connectivity index (χ0n) is 17.2. The summed E-state index contributed by atoms with van der Waals surface area (Å²) in [7, 11) is 1.60. The molecule has 0 aliphatic carbocycles. The molecule has 1 spiro atoms. The van der Waals surface area contributed by atoms with E-state index in [1.165, 1.54) is 0 Å². The minimum absolute atomic E-state index is 0.00410. The van der Waals surface area contributed by atoms with Gasteiger partial charge in [-0.25, -0.2) is 0 Å². The molecular formula is C22H33NO4. The summed E-state index contributed by atoms with van der Waals surface area (Å²) in [5.41, 5.74) is 1.25. The summed E-state index contributed by atoms with van der Waals surface area (Å²) in [6.45, 7) is 9.70. The maximum absolute atomic E-state index is 13.1. The number of nitrogens with zero attached hydrogens (tertiary/aromatic N) is 1. The lowest BCUT2D eigenvalue weighted by molar-refractivity contribution is -0.205. The number of aliphatic hydroxyl groups excluding tert-OH is 1. The van der Waals surface area contributed by atoms with Crippen LogP contribution in [0.1, 0.15) is 62.4 Å². The van der Waals surface area contributed by atoms with Gasteiger partial charge in [0.2, 0.25) is 0 Å². The van der Waals surface area contributed by atoms with Crippen LogP contribution in [-0.4, -0.2) is 53.9 Å². The molecule has 150 valence electrons. The average molecular weight is 376 g/mol. The Morgan fingerprint density at radius 3 is 2.56 bits per heavy atom. The summed E-state index contributed by atoms with van der Waals surface area (Å²) in [6, 6.07) is 5.68. The van der Waals surface area contributed by atoms with Gasteiger partial charge in [-0.1, -0.05) is 32.9 Å². The number of aryl methyl sites for hydroxylation is 1. The van der Waals surface area contributed by atoms with E-state index in [4.69, 9.17) is 9.47 Å². The fourth-order valence-electron chi connectivity index (χ4n) is 4.37. The summed E-state index contributed by atoms with van der Waals surface area (Å²) < 4.78 is 11.9. The Bertz CT molecular complexity index is 686. The van der Waals surface area contributed by atoms with Crippen LogP contribution >= 0.6 is 0 Å². The molecule has 2 atom stereocenters. The normalized spacial score (nSPS) is 25.5. The Labute approximate surface area is 162 Å². The summed E-state index contributed by atoms with van der Waals surface area (Å²) in [5, 5.41) is 10.4. The largest absolute Gasteiger partial charge is 0.496 e. The molecule has 5 heteroatoms. The van der Waals surface area contributed by atoms with Crippen molar-refractivity contribution in [1.82, 2.24) is 4.90 Å². The topological polar surface area (TPSA) is 59.0 Å². The van der Waals surface area contributed by atoms with Gasteiger partial charge in [-0.05, 0) is 36.8 Å². The second-order valence-electron chi connectivity index (χ2n) is 9.19. The molecule has 1 aromatic carbocycles. The van der Waals surface area contributed by atoms with Crippen molar-refractivity contribution in [2.75, 3.05) is 20.2 Å². The third-order valence-electron chi connectivity index (χ3n) is 6.08. The van der Waals surface area contributed by atoms with Crippen LogP contribution in [0.25, 0.3) is 0 Å². The number of ether oxygens (including phenoxy) is 2. The molecule has 0 bridgehead atoms. The molecule has 0 radical (unpaired) electrons. The van der Waals surface area contributed by atoms with Crippen LogP contribution in [0, 0.1) is 12.3 Å². The Hall–Kier alpha value is -1.59. The van der Waals surface area contributed by atoms with Crippen molar-refractivity contribution in [2.45, 2.75) is 71.2 Å². The van der Waals surface area contributed by atoms with Gasteiger partial charge < -0.3 is 19.5 Å². The van der Waals surface area contributed by atoms with Gasteiger partial charge in [0, 0.05) is 25.9 Å². The Morgan fingerprint density at radius 2 is 1.96 bits per heavy atom. The van der Waals surface area contributed by atoms with Crippen molar-refractivity contribution < 1.29 is 19.4 Å². The summed E-state index contributed by atoms with van der Waals surface area (Å²) in [6.07, 6.45) is 2.58. The van der Waals surface area contributed by atoms with Crippen molar-refractivity contribution in [2.24, 2.45) is 5.41 Å². The van der Waals surface area contributed by atoms with Gasteiger partial charge in [0.1, 0.15) is 5.75 Å². The molecule has 0 aromatic heterocycles. The number of methoxy groups -OCH3 is 1. The van der Waals surface area contributed by atoms with Crippen LogP contribution < -0.4 is 4.74 Å². The fourth-order valence-corrected chi connectivity index (χ4v) is 4.37. The molecule has 27 heavy (non-hydrogen) atoms. The van der Waals surface area contributed by atoms with Crippen molar-refractivity contribution in [3.05, 3.63) is 29.3 Å². The lowest BCUT2D eigenvalue weighted by Gasteiger charge is -2.50. The molecule has 2 saturated heterocycles. The van der Waals surface area contributed by atoms with Gasteiger partial charge in [-0.2, -0.15) is 0 Å². The smallest absolute Gasteiger partial charge is 0.257 e. The molecule has 0 saturated carbocycles. The van der Waals surface area contributed by atoms with E-state index < -0.39 is 0 Å². The molecule has 1 aromatic rings. The molecule has 1 amide bonds. The number of aliphatic hydroxyl groups is 1. The number of hydrogen-bond donors (Lipinski definition) is 1. The van der Waals surface area contributed by atoms with Crippen molar-refractivity contribution in [1.29, 1.82) is 0 Å². The monoisotopic (exact) mass is 375 g/mol. The van der Waals surface area contributed by atoms with Gasteiger partial charge >= 0.3 is 0 Å². The summed E-state index contributed by atoms with van der Waals surface area (Å²) >= 11 is 0. The first-order valence-corrected chi connectivity index (χ1v) is 9.94. The number of amides is 1. The average Bonchev–Trinajstić information content (AvgIpc) is 2.60. The lowest BCUT2D eigenvalue weighted by atomic mass is 9.76. The predicted octanol–water partition coefficient (Wildman–Crippen LogP) is 3.56. The van der Waals surface area contributed by atoms with E-state index in [1.54, 1.807) is 7.11 Å². The molecule has 2 aliphatic rings. The van der Waals surface area contributed by atoms with Gasteiger partial charge in [-0.3, -0.25) is 4.79 Å². The second kappa shape index (κ2) is 7.44. The third kappa shape index (κ3) is 4.14. The van der Waals surface area contributed by atoms with Gasteiger partial charge in [0.25, 0.3) is 5.91 Å². The van der Waals surface area contributed by atoms with Crippen molar-refractivity contribution >= 4 is 5.91 Å². The number of benzene rings is 1. The zero-order valence-corrected chi connectivity index (χ0v) is 17.2. The van der Waals surface area contributed by atoms with E-state index in [1.807, 2.05) is 30.0 Å². The minimum Gasteiger partial charge on any atom is -0.496 e. The highest BCUT2D eigenvalue weighted by atomic mass is 16.5. The highest BCUT2D eigenvalue weighted by Crippen LogP contribution is 2.42. The van der Waals surface area contributed by atoms with E-state index in [9.17, 15) is 9.90 Å². The predicted molar refractivity (Wildman–Crippen MR) is 105 cm³/mol. The molecule has 5 nitrogen and oxygen atoms in total. The van der Waals surface area contributed by atoms with Crippen molar-refractivity contribution in [3.8, 4) is 5.75 Å². The molecule has 2 fully saturated rings. The highest BCUT2D eigenvalue weighted by Gasteiger charge is 2.46. The number of likely N-dealkylation sites (tertiary alicyclic amines) is 1. The second-order valence-corrected chi connectivity index (χ2v) is 9.19. The van der Waals surface area contributed by atoms with E-state index in [-0.39, 0.29) is 29.1 Å². The van der Waals surface area contributed by atoms with Crippen LogP contribution in [-0.2, 0) is 4.74 Å². The first kappa shape index (κ1) is 20.2. The number of hydrogen-bond acceptors (Lipinski definition) is 4. The standard InChI is InChI=1S/C22H33NO4/c1-15-7-6-8-17(26-5)19(15)20(25)23-11-9-22(10-12-23)14-16(24)13-18(27-22)21(2,3)4/h6-8,16,18,24H,9-14H2,1-5H3/t16-,18-/m1/s1. The van der Waals surface area contributed by atoms with E-state index >= 15 is 0 Å². The Balaban J connectivity index is 1.73. The third-order valence-corrected chi connectivity index (χ3v) is 6.08. The van der Waals surface area contributed by atoms with Crippen LogP contribution in [0.5, 0.6) is 5.75 Å². The zero-order chi connectivity index (χ0) is 19.8. The van der Waals surface area contributed by atoms with E-state index in [0.717, 1.165) is 18.4 Å². The quantitative estimate of drug-likeness (QED) is 0.859. The fraction of sp³-hybridized carbons (Fsp3) is 0.682. The SMILES string of the molecule is COc1cccc(C)c1C(=O)N1CCC2(CC1)C[C@H](O)C[C@H](C(C)(C)C)O2. The molecule has 3 rings (SSSR count). The molecule has 1 N–H and O–H groups in total. The lowest BCUT2D eigenvalue weighted by Crippen LogP contribution is -2.55. The maximum Gasteiger partial charge on any atom is 0.257 e. The molecular weight excluding hydrogens is 342 g/mol.